The van der Waals surface area contributed by atoms with Crippen LogP contribution in [0.2, 0.25) is 0 Å². The topological polar surface area (TPSA) is 103 Å². The predicted octanol–water partition coefficient (Wildman–Crippen LogP) is 4.50. The van der Waals surface area contributed by atoms with Crippen molar-refractivity contribution in [2.45, 2.75) is 0 Å². The van der Waals surface area contributed by atoms with Crippen LogP contribution in [-0.4, -0.2) is 21.6 Å². The Labute approximate surface area is 178 Å². The first-order chi connectivity index (χ1) is 14.0. The lowest BCUT2D eigenvalue weighted by Crippen LogP contribution is -2.17. The number of hydrogen-bond donors (Lipinski definition) is 1. The number of aromatic nitrogens is 1. The summed E-state index contributed by atoms with van der Waals surface area (Å²) >= 11 is 2.24. The summed E-state index contributed by atoms with van der Waals surface area (Å²) < 4.78 is 8.51. The third kappa shape index (κ3) is 4.04. The molecule has 29 heavy (non-hydrogen) atoms. The van der Waals surface area contributed by atoms with E-state index in [0.717, 1.165) is 15.0 Å². The molecule has 4 aromatic rings. The van der Waals surface area contributed by atoms with E-state index in [1.165, 1.54) is 30.5 Å². The van der Waals surface area contributed by atoms with Crippen LogP contribution in [0.5, 0.6) is 0 Å². The number of hydrazone groups is 1. The molecule has 2 heterocycles. The second-order valence-electron chi connectivity index (χ2n) is 6.07. The third-order valence-corrected chi connectivity index (χ3v) is 4.90. The van der Waals surface area contributed by atoms with Gasteiger partial charge in [0.2, 0.25) is 0 Å². The van der Waals surface area contributed by atoms with Crippen molar-refractivity contribution in [3.8, 4) is 5.69 Å². The molecule has 0 spiro atoms. The van der Waals surface area contributed by atoms with Gasteiger partial charge >= 0.3 is 5.91 Å². The fourth-order valence-electron chi connectivity index (χ4n) is 2.80. The standard InChI is InChI=1S/C20H13IN4O4/c21-14-3-5-15(6-4-14)24-9-1-2-17(24)12-22-23-20(26)19-11-13-10-16(25(27)28)7-8-18(13)29-19/h1-12H,(H,23,26)/b22-12-. The lowest BCUT2D eigenvalue weighted by Gasteiger charge is -2.06. The highest BCUT2D eigenvalue weighted by atomic mass is 127. The normalized spacial score (nSPS) is 11.2. The van der Waals surface area contributed by atoms with E-state index in [1.807, 2.05) is 47.2 Å². The van der Waals surface area contributed by atoms with Gasteiger partial charge in [0, 0.05) is 33.0 Å². The molecule has 1 N–H and O–H groups in total. The first kappa shape index (κ1) is 18.9. The van der Waals surface area contributed by atoms with Crippen LogP contribution < -0.4 is 5.43 Å². The van der Waals surface area contributed by atoms with Gasteiger partial charge in [-0.15, -0.1) is 0 Å². The highest BCUT2D eigenvalue weighted by molar-refractivity contribution is 14.1. The SMILES string of the molecule is O=C(N/N=C\c1cccn1-c1ccc(I)cc1)c1cc2cc([N+](=O)[O-])ccc2o1. The molecule has 0 aliphatic heterocycles. The Balaban J connectivity index is 1.49. The number of non-ortho nitro benzene ring substituents is 1. The van der Waals surface area contributed by atoms with Crippen LogP contribution in [0.15, 0.2) is 76.4 Å². The number of benzene rings is 2. The molecule has 0 bridgehead atoms. The molecule has 0 atom stereocenters. The molecule has 8 nitrogen and oxygen atoms in total. The Kier molecular flexibility index (Phi) is 5.12. The maximum absolute atomic E-state index is 12.3. The zero-order valence-corrected chi connectivity index (χ0v) is 16.9. The van der Waals surface area contributed by atoms with Gasteiger partial charge in [-0.05, 0) is 71.1 Å². The third-order valence-electron chi connectivity index (χ3n) is 4.18. The highest BCUT2D eigenvalue weighted by Crippen LogP contribution is 2.24. The number of nitrogens with one attached hydrogen (secondary N) is 1. The number of nitrogens with zero attached hydrogens (tertiary/aromatic N) is 3. The van der Waals surface area contributed by atoms with E-state index < -0.39 is 10.8 Å². The van der Waals surface area contributed by atoms with Crippen LogP contribution in [0.3, 0.4) is 0 Å². The number of fused-ring (bicyclic) bond motifs is 1. The van der Waals surface area contributed by atoms with Crippen LogP contribution in [-0.2, 0) is 0 Å². The molecule has 2 aromatic heterocycles. The molecule has 4 rings (SSSR count). The van der Waals surface area contributed by atoms with Gasteiger partial charge in [-0.3, -0.25) is 14.9 Å². The number of carbonyl (C=O) groups is 1. The summed E-state index contributed by atoms with van der Waals surface area (Å²) in [6, 6.07) is 17.3. The van der Waals surface area contributed by atoms with Crippen LogP contribution in [0.4, 0.5) is 5.69 Å². The molecular weight excluding hydrogens is 487 g/mol. The predicted molar refractivity (Wildman–Crippen MR) is 116 cm³/mol. The van der Waals surface area contributed by atoms with Gasteiger partial charge in [0.15, 0.2) is 5.76 Å². The van der Waals surface area contributed by atoms with Gasteiger partial charge in [0.05, 0.1) is 16.8 Å². The molecule has 0 saturated heterocycles. The first-order valence-corrected chi connectivity index (χ1v) is 9.54. The van der Waals surface area contributed by atoms with Crippen molar-refractivity contribution in [1.82, 2.24) is 9.99 Å². The van der Waals surface area contributed by atoms with Crippen molar-refractivity contribution in [2.75, 3.05) is 0 Å². The number of hydrogen-bond acceptors (Lipinski definition) is 5. The average molecular weight is 500 g/mol. The molecule has 0 aliphatic carbocycles. The minimum atomic E-state index is -0.549. The van der Waals surface area contributed by atoms with E-state index >= 15 is 0 Å². The van der Waals surface area contributed by atoms with Crippen molar-refractivity contribution in [3.63, 3.8) is 0 Å². The van der Waals surface area contributed by atoms with Crippen molar-refractivity contribution >= 4 is 51.4 Å². The van der Waals surface area contributed by atoms with Crippen molar-refractivity contribution < 1.29 is 14.1 Å². The Bertz CT molecular complexity index is 1240. The quantitative estimate of drug-likeness (QED) is 0.189. The number of nitro benzene ring substituents is 1. The smallest absolute Gasteiger partial charge is 0.307 e. The Morgan fingerprint density at radius 3 is 2.72 bits per heavy atom. The summed E-state index contributed by atoms with van der Waals surface area (Å²) in [6.07, 6.45) is 3.43. The van der Waals surface area contributed by atoms with Crippen molar-refractivity contribution in [1.29, 1.82) is 0 Å². The van der Waals surface area contributed by atoms with Crippen LogP contribution in [0.1, 0.15) is 16.2 Å². The van der Waals surface area contributed by atoms with Gasteiger partial charge in [-0.1, -0.05) is 0 Å². The summed E-state index contributed by atoms with van der Waals surface area (Å²) in [7, 11) is 0. The number of furan rings is 1. The number of halogens is 1. The fourth-order valence-corrected chi connectivity index (χ4v) is 3.16. The van der Waals surface area contributed by atoms with E-state index in [1.54, 1.807) is 0 Å². The summed E-state index contributed by atoms with van der Waals surface area (Å²) in [4.78, 5) is 22.7. The first-order valence-electron chi connectivity index (χ1n) is 8.46. The molecule has 9 heteroatoms. The van der Waals surface area contributed by atoms with Gasteiger partial charge in [-0.2, -0.15) is 5.10 Å². The number of carbonyl (C=O) groups excluding carboxylic acids is 1. The monoisotopic (exact) mass is 500 g/mol. The summed E-state index contributed by atoms with van der Waals surface area (Å²) in [5.74, 6) is -0.530. The number of rotatable bonds is 5. The molecule has 0 unspecified atom stereocenters. The van der Waals surface area contributed by atoms with E-state index in [2.05, 4.69) is 33.1 Å². The lowest BCUT2D eigenvalue weighted by atomic mass is 10.2. The zero-order valence-electron chi connectivity index (χ0n) is 14.8. The van der Waals surface area contributed by atoms with Gasteiger partial charge in [0.1, 0.15) is 5.58 Å². The second kappa shape index (κ2) is 7.87. The molecule has 0 radical (unpaired) electrons. The van der Waals surface area contributed by atoms with Crippen LogP contribution in [0, 0.1) is 13.7 Å². The van der Waals surface area contributed by atoms with Gasteiger partial charge < -0.3 is 8.98 Å². The Morgan fingerprint density at radius 1 is 1.17 bits per heavy atom. The van der Waals surface area contributed by atoms with E-state index in [0.29, 0.717) is 11.0 Å². The molecule has 0 saturated carbocycles. The number of amides is 1. The average Bonchev–Trinajstić information content (AvgIpc) is 3.34. The van der Waals surface area contributed by atoms with Crippen LogP contribution in [0.25, 0.3) is 16.7 Å². The molecule has 2 aromatic carbocycles. The van der Waals surface area contributed by atoms with E-state index in [-0.39, 0.29) is 11.4 Å². The van der Waals surface area contributed by atoms with E-state index in [9.17, 15) is 14.9 Å². The van der Waals surface area contributed by atoms with E-state index in [4.69, 9.17) is 4.42 Å². The molecule has 144 valence electrons. The maximum atomic E-state index is 12.3. The maximum Gasteiger partial charge on any atom is 0.307 e. The minimum Gasteiger partial charge on any atom is -0.451 e. The Hall–Kier alpha value is -3.47. The lowest BCUT2D eigenvalue weighted by molar-refractivity contribution is -0.384. The second-order valence-corrected chi connectivity index (χ2v) is 7.31. The number of nitro groups is 1. The highest BCUT2D eigenvalue weighted by Gasteiger charge is 2.14. The van der Waals surface area contributed by atoms with Crippen LogP contribution >= 0.6 is 22.6 Å². The minimum absolute atomic E-state index is 0.0191. The molecule has 0 aliphatic rings. The fraction of sp³-hybridized carbons (Fsp3) is 0. The molecule has 0 fully saturated rings. The Morgan fingerprint density at radius 2 is 1.97 bits per heavy atom. The summed E-state index contributed by atoms with van der Waals surface area (Å²) in [5, 5.41) is 15.3. The summed E-state index contributed by atoms with van der Waals surface area (Å²) in [5.41, 5.74) is 4.49. The zero-order chi connectivity index (χ0) is 20.4. The van der Waals surface area contributed by atoms with Crippen molar-refractivity contribution in [2.24, 2.45) is 5.10 Å². The van der Waals surface area contributed by atoms with Gasteiger partial charge in [-0.25, -0.2) is 5.43 Å². The largest absolute Gasteiger partial charge is 0.451 e. The van der Waals surface area contributed by atoms with Crippen molar-refractivity contribution in [3.05, 3.63) is 92.0 Å². The van der Waals surface area contributed by atoms with Gasteiger partial charge in [0.25, 0.3) is 5.69 Å². The molecule has 1 amide bonds. The summed E-state index contributed by atoms with van der Waals surface area (Å²) in [6.45, 7) is 0. The molecular formula is C20H13IN4O4.